The third-order valence-corrected chi connectivity index (χ3v) is 14.8. The summed E-state index contributed by atoms with van der Waals surface area (Å²) in [6, 6.07) is 9.62. The quantitative estimate of drug-likeness (QED) is 0.453. The number of halogens is 1. The van der Waals surface area contributed by atoms with Gasteiger partial charge in [-0.25, -0.2) is 0 Å². The highest BCUT2D eigenvalue weighted by Crippen LogP contribution is 2.39. The van der Waals surface area contributed by atoms with Gasteiger partial charge in [-0.15, -0.1) is 15.3 Å². The van der Waals surface area contributed by atoms with Crippen LogP contribution in [0.3, 0.4) is 0 Å². The van der Waals surface area contributed by atoms with E-state index in [2.05, 4.69) is 29.1 Å². The Morgan fingerprint density at radius 2 is 1.67 bits per heavy atom. The van der Waals surface area contributed by atoms with Crippen molar-refractivity contribution in [1.82, 2.24) is 0 Å². The molecular weight excluding hydrogens is 280 g/mol. The van der Waals surface area contributed by atoms with Crippen LogP contribution >= 0.6 is 15.3 Å². The smallest absolute Gasteiger partial charge is 0.126 e. The minimum absolute atomic E-state index is 0.0993. The van der Waals surface area contributed by atoms with E-state index in [9.17, 15) is 0 Å². The molecule has 0 N–H and O–H groups in total. The summed E-state index contributed by atoms with van der Waals surface area (Å²) in [5.41, 5.74) is 0. The Kier molecular flexibility index (Phi) is 6.78. The second-order valence-electron chi connectivity index (χ2n) is 5.11. The molecule has 1 fully saturated rings. The third-order valence-electron chi connectivity index (χ3n) is 3.72. The van der Waals surface area contributed by atoms with Crippen LogP contribution in [0.2, 0.25) is 36.3 Å². The van der Waals surface area contributed by atoms with Crippen LogP contribution in [0, 0.1) is 0 Å². The van der Waals surface area contributed by atoms with E-state index in [1.165, 1.54) is 25.7 Å². The van der Waals surface area contributed by atoms with Crippen LogP contribution in [-0.2, 0) is 0 Å². The average molecular weight is 306 g/mol. The van der Waals surface area contributed by atoms with Gasteiger partial charge in [0.15, 0.2) is 0 Å². The van der Waals surface area contributed by atoms with Crippen LogP contribution in [0.25, 0.3) is 0 Å². The van der Waals surface area contributed by atoms with E-state index in [0.29, 0.717) is 0 Å². The topological polar surface area (TPSA) is 0 Å². The molecule has 89 valence electrons. The van der Waals surface area contributed by atoms with Crippen LogP contribution in [0.15, 0.2) is 0 Å². The molecule has 1 aliphatic heterocycles. The molecular formula is C12H26BrSi2. The van der Waals surface area contributed by atoms with E-state index >= 15 is 0 Å². The van der Waals surface area contributed by atoms with Crippen molar-refractivity contribution in [3.05, 3.63) is 0 Å². The second kappa shape index (κ2) is 7.28. The van der Waals surface area contributed by atoms with Gasteiger partial charge in [0.2, 0.25) is 0 Å². The van der Waals surface area contributed by atoms with Gasteiger partial charge >= 0.3 is 0 Å². The van der Waals surface area contributed by atoms with Crippen molar-refractivity contribution in [2.45, 2.75) is 75.8 Å². The van der Waals surface area contributed by atoms with Crippen molar-refractivity contribution in [2.75, 3.05) is 0 Å². The fraction of sp³-hybridized carbons (Fsp3) is 1.00. The highest BCUT2D eigenvalue weighted by Gasteiger charge is 2.34. The van der Waals surface area contributed by atoms with Gasteiger partial charge in [0.25, 0.3) is 0 Å². The molecule has 1 rings (SSSR count). The van der Waals surface area contributed by atoms with E-state index in [4.69, 9.17) is 0 Å². The first-order valence-electron chi connectivity index (χ1n) is 6.72. The van der Waals surface area contributed by atoms with Crippen molar-refractivity contribution >= 4 is 30.8 Å². The Morgan fingerprint density at radius 1 is 1.07 bits per heavy atom. The molecule has 0 aliphatic carbocycles. The maximum Gasteiger partial charge on any atom is 0.129 e. The molecule has 0 unspecified atom stereocenters. The average Bonchev–Trinajstić information content (AvgIpc) is 2.26. The van der Waals surface area contributed by atoms with Gasteiger partial charge in [-0.1, -0.05) is 69.8 Å². The number of rotatable bonds is 6. The molecule has 0 atom stereocenters. The standard InChI is InChI=1S/C12H26BrSi2/c1-3-5-7-14-8-11-15(13,12-9-14)10-6-4-2/h3-12H2,1-2H3. The molecule has 0 aromatic carbocycles. The van der Waals surface area contributed by atoms with E-state index in [0.717, 1.165) is 0 Å². The van der Waals surface area contributed by atoms with Gasteiger partial charge in [-0.2, -0.15) is 0 Å². The number of unbranched alkanes of at least 4 members (excludes halogenated alkanes) is 2. The molecule has 0 aromatic rings. The summed E-state index contributed by atoms with van der Waals surface area (Å²) in [4.78, 5) is 0. The van der Waals surface area contributed by atoms with Crippen LogP contribution in [-0.4, -0.2) is 15.5 Å². The maximum atomic E-state index is 4.15. The SMILES string of the molecule is CCCC[Si]1CC[Si](Br)(CCCC)CC1. The molecule has 0 bridgehead atoms. The van der Waals surface area contributed by atoms with Crippen molar-refractivity contribution in [1.29, 1.82) is 0 Å². The Balaban J connectivity index is 2.21. The van der Waals surface area contributed by atoms with Gasteiger partial charge in [0, 0.05) is 8.80 Å². The lowest BCUT2D eigenvalue weighted by molar-refractivity contribution is 0.852. The molecule has 1 saturated heterocycles. The maximum absolute atomic E-state index is 4.15. The first kappa shape index (κ1) is 14.0. The van der Waals surface area contributed by atoms with Crippen LogP contribution in [0.5, 0.6) is 0 Å². The number of hydrogen-bond donors (Lipinski definition) is 0. The van der Waals surface area contributed by atoms with Gasteiger partial charge < -0.3 is 0 Å². The van der Waals surface area contributed by atoms with Crippen LogP contribution in [0.1, 0.15) is 39.5 Å². The van der Waals surface area contributed by atoms with Crippen LogP contribution < -0.4 is 0 Å². The number of hydrogen-bond acceptors (Lipinski definition) is 0. The van der Waals surface area contributed by atoms with Crippen molar-refractivity contribution in [2.24, 2.45) is 0 Å². The summed E-state index contributed by atoms with van der Waals surface area (Å²) in [6.45, 7) is 3.75. The van der Waals surface area contributed by atoms with E-state index in [1.807, 2.05) is 0 Å². The second-order valence-corrected chi connectivity index (χ2v) is 17.0. The lowest BCUT2D eigenvalue weighted by Gasteiger charge is -2.33. The minimum atomic E-state index is -0.901. The van der Waals surface area contributed by atoms with Crippen LogP contribution in [0.4, 0.5) is 0 Å². The molecule has 0 spiro atoms. The van der Waals surface area contributed by atoms with Crippen molar-refractivity contribution in [3.8, 4) is 0 Å². The van der Waals surface area contributed by atoms with E-state index < -0.39 is 6.69 Å². The van der Waals surface area contributed by atoms with Gasteiger partial charge in [0.05, 0.1) is 0 Å². The van der Waals surface area contributed by atoms with Gasteiger partial charge in [0.1, 0.15) is 6.69 Å². The summed E-state index contributed by atoms with van der Waals surface area (Å²) >= 11 is 4.15. The predicted molar refractivity (Wildman–Crippen MR) is 79.1 cm³/mol. The zero-order valence-corrected chi connectivity index (χ0v) is 14.0. The summed E-state index contributed by atoms with van der Waals surface area (Å²) in [6.07, 6.45) is 5.75. The van der Waals surface area contributed by atoms with Gasteiger partial charge in [-0.3, -0.25) is 0 Å². The van der Waals surface area contributed by atoms with E-state index in [1.54, 1.807) is 36.3 Å². The Bertz CT molecular complexity index is 165. The largest absolute Gasteiger partial charge is 0.129 e. The van der Waals surface area contributed by atoms with Crippen molar-refractivity contribution in [3.63, 3.8) is 0 Å². The fourth-order valence-corrected chi connectivity index (χ4v) is 16.6. The highest BCUT2D eigenvalue weighted by atomic mass is 79.9. The molecule has 15 heavy (non-hydrogen) atoms. The van der Waals surface area contributed by atoms with Gasteiger partial charge in [-0.05, 0) is 6.04 Å². The molecule has 0 aromatic heterocycles. The Morgan fingerprint density at radius 3 is 2.20 bits per heavy atom. The third kappa shape index (κ3) is 5.18. The molecule has 0 nitrogen and oxygen atoms in total. The Labute approximate surface area is 106 Å². The molecule has 0 saturated carbocycles. The monoisotopic (exact) mass is 305 g/mol. The minimum Gasteiger partial charge on any atom is -0.126 e. The molecule has 3 heteroatoms. The molecule has 1 radical (unpaired) electrons. The normalized spacial score (nSPS) is 21.8. The first-order chi connectivity index (χ1) is 7.20. The Hall–Kier alpha value is 0.914. The zero-order chi connectivity index (χ0) is 11.1. The fourth-order valence-electron chi connectivity index (χ4n) is 2.47. The summed E-state index contributed by atoms with van der Waals surface area (Å²) in [5.74, 6) is 0. The lowest BCUT2D eigenvalue weighted by atomic mass is 10.4. The molecule has 1 heterocycles. The lowest BCUT2D eigenvalue weighted by Crippen LogP contribution is -2.34. The van der Waals surface area contributed by atoms with E-state index in [-0.39, 0.29) is 8.80 Å². The molecule has 0 amide bonds. The first-order valence-corrected chi connectivity index (χ1v) is 13.7. The summed E-state index contributed by atoms with van der Waals surface area (Å²) in [7, 11) is 0.0993. The summed E-state index contributed by atoms with van der Waals surface area (Å²) in [5, 5.41) is 0. The highest BCUT2D eigenvalue weighted by molar-refractivity contribution is 9.26. The zero-order valence-electron chi connectivity index (χ0n) is 10.4. The predicted octanol–water partition coefficient (Wildman–Crippen LogP) is 5.44. The molecule has 1 aliphatic rings. The summed E-state index contributed by atoms with van der Waals surface area (Å²) < 4.78 is 0. The van der Waals surface area contributed by atoms with Crippen molar-refractivity contribution < 1.29 is 0 Å².